The molecule has 1 aliphatic heterocycles. The Balaban J connectivity index is 1.73. The van der Waals surface area contributed by atoms with Crippen LogP contribution in [0.5, 0.6) is 5.75 Å². The van der Waals surface area contributed by atoms with Gasteiger partial charge in [-0.25, -0.2) is 13.8 Å². The molecular weight excluding hydrogens is 438 g/mol. The summed E-state index contributed by atoms with van der Waals surface area (Å²) in [5.74, 6) is 2.39. The minimum Gasteiger partial charge on any atom is -0.493 e. The standard InChI is InChI=1S/C24H33N5O3S/c1-4-7-21-25-19(5-2)22-24(31)26-23(27-29(21)22)18-14-17(8-9-20(18)32-6-3)33-28-12-10-16(15-30)11-13-28/h8-9,14,16,30H,4-7,10-13,15H2,1-3H3,(H,26,27,31). The lowest BCUT2D eigenvalue weighted by Crippen LogP contribution is -2.29. The van der Waals surface area contributed by atoms with E-state index in [2.05, 4.69) is 21.2 Å². The van der Waals surface area contributed by atoms with Gasteiger partial charge in [0.2, 0.25) is 0 Å². The van der Waals surface area contributed by atoms with Crippen LogP contribution in [0, 0.1) is 5.92 Å². The Bertz CT molecular complexity index is 1150. The molecule has 1 aromatic carbocycles. The van der Waals surface area contributed by atoms with Crippen molar-refractivity contribution in [3.8, 4) is 17.1 Å². The molecule has 1 fully saturated rings. The first kappa shape index (κ1) is 23.8. The molecule has 0 amide bonds. The zero-order chi connectivity index (χ0) is 23.4. The fourth-order valence-electron chi connectivity index (χ4n) is 4.25. The molecule has 1 saturated heterocycles. The maximum Gasteiger partial charge on any atom is 0.277 e. The fourth-order valence-corrected chi connectivity index (χ4v) is 5.24. The van der Waals surface area contributed by atoms with E-state index in [-0.39, 0.29) is 12.2 Å². The van der Waals surface area contributed by atoms with Crippen molar-refractivity contribution in [1.29, 1.82) is 0 Å². The number of piperidine rings is 1. The van der Waals surface area contributed by atoms with Crippen LogP contribution in [-0.4, -0.2) is 55.3 Å². The van der Waals surface area contributed by atoms with E-state index in [1.54, 1.807) is 16.5 Å². The van der Waals surface area contributed by atoms with Crippen LogP contribution in [0.3, 0.4) is 0 Å². The lowest BCUT2D eigenvalue weighted by atomic mass is 10.00. The van der Waals surface area contributed by atoms with Crippen molar-refractivity contribution in [1.82, 2.24) is 23.9 Å². The van der Waals surface area contributed by atoms with Crippen LogP contribution < -0.4 is 10.3 Å². The Hall–Kier alpha value is -2.36. The van der Waals surface area contributed by atoms with Crippen LogP contribution >= 0.6 is 11.9 Å². The number of rotatable bonds is 9. The van der Waals surface area contributed by atoms with Gasteiger partial charge in [0.1, 0.15) is 11.6 Å². The Morgan fingerprint density at radius 2 is 2.03 bits per heavy atom. The Morgan fingerprint density at radius 1 is 1.24 bits per heavy atom. The highest BCUT2D eigenvalue weighted by molar-refractivity contribution is 7.97. The second-order valence-electron chi connectivity index (χ2n) is 8.38. The van der Waals surface area contributed by atoms with E-state index in [1.807, 2.05) is 32.0 Å². The molecule has 2 N–H and O–H groups in total. The molecular formula is C24H33N5O3S. The van der Waals surface area contributed by atoms with Gasteiger partial charge in [-0.1, -0.05) is 13.8 Å². The minimum atomic E-state index is -0.182. The average Bonchev–Trinajstić information content (AvgIpc) is 3.19. The van der Waals surface area contributed by atoms with E-state index in [4.69, 9.17) is 9.84 Å². The van der Waals surface area contributed by atoms with Crippen molar-refractivity contribution in [2.24, 2.45) is 5.92 Å². The van der Waals surface area contributed by atoms with Crippen LogP contribution in [0.1, 0.15) is 51.6 Å². The number of hydrogen-bond acceptors (Lipinski definition) is 7. The van der Waals surface area contributed by atoms with Gasteiger partial charge in [0.05, 0.1) is 17.9 Å². The van der Waals surface area contributed by atoms with E-state index in [1.165, 1.54) is 0 Å². The van der Waals surface area contributed by atoms with Gasteiger partial charge in [-0.05, 0) is 68.7 Å². The van der Waals surface area contributed by atoms with Gasteiger partial charge in [0, 0.05) is 31.0 Å². The van der Waals surface area contributed by atoms with Crippen LogP contribution in [0.15, 0.2) is 27.9 Å². The number of aliphatic hydroxyl groups is 1. The number of aliphatic hydroxyl groups excluding tert-OH is 1. The maximum absolute atomic E-state index is 13.1. The Kier molecular flexibility index (Phi) is 7.72. The molecule has 9 heteroatoms. The summed E-state index contributed by atoms with van der Waals surface area (Å²) in [6.07, 6.45) is 4.37. The van der Waals surface area contributed by atoms with E-state index in [9.17, 15) is 9.90 Å². The molecule has 0 saturated carbocycles. The second-order valence-corrected chi connectivity index (χ2v) is 9.55. The number of nitrogens with one attached hydrogen (secondary N) is 1. The molecule has 3 heterocycles. The highest BCUT2D eigenvalue weighted by Crippen LogP contribution is 2.35. The number of hydrogen-bond donors (Lipinski definition) is 2. The predicted molar refractivity (Wildman–Crippen MR) is 131 cm³/mol. The lowest BCUT2D eigenvalue weighted by Gasteiger charge is -2.30. The lowest BCUT2D eigenvalue weighted by molar-refractivity contribution is 0.174. The predicted octanol–water partition coefficient (Wildman–Crippen LogP) is 3.71. The van der Waals surface area contributed by atoms with Crippen molar-refractivity contribution in [2.45, 2.75) is 57.8 Å². The van der Waals surface area contributed by atoms with Crippen molar-refractivity contribution in [3.05, 3.63) is 40.1 Å². The number of nitrogens with zero attached hydrogens (tertiary/aromatic N) is 4. The summed E-state index contributed by atoms with van der Waals surface area (Å²) in [5, 5.41) is 14.2. The monoisotopic (exact) mass is 471 g/mol. The van der Waals surface area contributed by atoms with Crippen LogP contribution in [0.2, 0.25) is 0 Å². The third-order valence-corrected chi connectivity index (χ3v) is 7.11. The molecule has 1 aliphatic rings. The molecule has 0 radical (unpaired) electrons. The number of aromatic nitrogens is 4. The van der Waals surface area contributed by atoms with Gasteiger partial charge in [-0.15, -0.1) is 5.10 Å². The molecule has 33 heavy (non-hydrogen) atoms. The maximum atomic E-state index is 13.1. The van der Waals surface area contributed by atoms with Gasteiger partial charge < -0.3 is 14.8 Å². The normalized spacial score (nSPS) is 15.4. The SMILES string of the molecule is CCCc1nc(CC)c2c(=O)[nH]c(-c3cc(SN4CCC(CO)CC4)ccc3OCC)nn12. The van der Waals surface area contributed by atoms with Crippen molar-refractivity contribution in [3.63, 3.8) is 0 Å². The average molecular weight is 472 g/mol. The van der Waals surface area contributed by atoms with Crippen molar-refractivity contribution < 1.29 is 9.84 Å². The largest absolute Gasteiger partial charge is 0.493 e. The molecule has 0 spiro atoms. The van der Waals surface area contributed by atoms with Gasteiger partial charge in [-0.3, -0.25) is 4.79 Å². The molecule has 3 aromatic rings. The molecule has 0 atom stereocenters. The highest BCUT2D eigenvalue weighted by Gasteiger charge is 2.21. The van der Waals surface area contributed by atoms with Gasteiger partial charge in [0.25, 0.3) is 5.56 Å². The Labute approximate surface area is 198 Å². The van der Waals surface area contributed by atoms with E-state index < -0.39 is 0 Å². The van der Waals surface area contributed by atoms with E-state index >= 15 is 0 Å². The summed E-state index contributed by atoms with van der Waals surface area (Å²) in [5.41, 5.74) is 1.89. The summed E-state index contributed by atoms with van der Waals surface area (Å²) in [7, 11) is 0. The summed E-state index contributed by atoms with van der Waals surface area (Å²) in [4.78, 5) is 21.8. The molecule has 178 valence electrons. The molecule has 4 rings (SSSR count). The van der Waals surface area contributed by atoms with Gasteiger partial charge in [0.15, 0.2) is 11.3 Å². The smallest absolute Gasteiger partial charge is 0.277 e. The molecule has 2 aromatic heterocycles. The minimum absolute atomic E-state index is 0.182. The van der Waals surface area contributed by atoms with Crippen molar-refractivity contribution >= 4 is 17.5 Å². The molecule has 8 nitrogen and oxygen atoms in total. The van der Waals surface area contributed by atoms with Crippen molar-refractivity contribution in [2.75, 3.05) is 26.3 Å². The number of benzene rings is 1. The molecule has 0 bridgehead atoms. The van der Waals surface area contributed by atoms with Gasteiger partial charge >= 0.3 is 0 Å². The summed E-state index contributed by atoms with van der Waals surface area (Å²) in [6.45, 7) is 8.71. The molecule has 0 aliphatic carbocycles. The fraction of sp³-hybridized carbons (Fsp3) is 0.542. The van der Waals surface area contributed by atoms with E-state index in [0.717, 1.165) is 60.8 Å². The second kappa shape index (κ2) is 10.7. The number of ether oxygens (including phenoxy) is 1. The first-order valence-electron chi connectivity index (χ1n) is 11.9. The van der Waals surface area contributed by atoms with Crippen LogP contribution in [0.25, 0.3) is 16.9 Å². The third kappa shape index (κ3) is 5.10. The van der Waals surface area contributed by atoms with E-state index in [0.29, 0.717) is 36.0 Å². The zero-order valence-corrected chi connectivity index (χ0v) is 20.5. The third-order valence-electron chi connectivity index (χ3n) is 6.02. The number of fused-ring (bicyclic) bond motifs is 1. The highest BCUT2D eigenvalue weighted by atomic mass is 32.2. The Morgan fingerprint density at radius 3 is 2.70 bits per heavy atom. The number of aromatic amines is 1. The topological polar surface area (TPSA) is 95.8 Å². The summed E-state index contributed by atoms with van der Waals surface area (Å²) < 4.78 is 9.92. The van der Waals surface area contributed by atoms with Crippen LogP contribution in [0.4, 0.5) is 0 Å². The summed E-state index contributed by atoms with van der Waals surface area (Å²) >= 11 is 1.70. The number of aryl methyl sites for hydroxylation is 2. The zero-order valence-electron chi connectivity index (χ0n) is 19.6. The number of imidazole rings is 1. The first-order valence-corrected chi connectivity index (χ1v) is 12.7. The quantitative estimate of drug-likeness (QED) is 0.459. The first-order chi connectivity index (χ1) is 16.1. The van der Waals surface area contributed by atoms with Crippen LogP contribution in [-0.2, 0) is 12.8 Å². The van der Waals surface area contributed by atoms with Gasteiger partial charge in [-0.2, -0.15) is 0 Å². The molecule has 0 unspecified atom stereocenters. The number of H-pyrrole nitrogens is 1. The summed E-state index contributed by atoms with van der Waals surface area (Å²) in [6, 6.07) is 6.03.